The molecule has 0 aromatic heterocycles. The van der Waals surface area contributed by atoms with E-state index in [1.165, 1.54) is 0 Å². The van der Waals surface area contributed by atoms with Gasteiger partial charge in [-0.2, -0.15) is 0 Å². The first-order valence-corrected chi connectivity index (χ1v) is 4.41. The molecule has 1 saturated carbocycles. The lowest BCUT2D eigenvalue weighted by molar-refractivity contribution is -0.144. The van der Waals surface area contributed by atoms with Crippen molar-refractivity contribution in [3.05, 3.63) is 0 Å². The van der Waals surface area contributed by atoms with E-state index in [1.54, 1.807) is 0 Å². The van der Waals surface area contributed by atoms with Crippen LogP contribution in [-0.2, 0) is 4.79 Å². The van der Waals surface area contributed by atoms with Crippen LogP contribution in [0, 0.1) is 11.8 Å². The van der Waals surface area contributed by atoms with E-state index in [0.29, 0.717) is 12.3 Å². The van der Waals surface area contributed by atoms with Crippen LogP contribution < -0.4 is 0 Å². The minimum atomic E-state index is -0.692. The highest BCUT2D eigenvalue weighted by atomic mass is 35.5. The van der Waals surface area contributed by atoms with Gasteiger partial charge in [0.2, 0.25) is 0 Å². The summed E-state index contributed by atoms with van der Waals surface area (Å²) in [4.78, 5) is 10.7. The molecule has 0 aromatic rings. The number of carbonyl (C=O) groups is 1. The van der Waals surface area contributed by atoms with E-state index in [0.717, 1.165) is 12.8 Å². The lowest BCUT2D eigenvalue weighted by Crippen LogP contribution is -2.29. The van der Waals surface area contributed by atoms with Gasteiger partial charge in [-0.1, -0.05) is 6.92 Å². The van der Waals surface area contributed by atoms with Crippen molar-refractivity contribution in [1.29, 1.82) is 0 Å². The Morgan fingerprint density at radius 3 is 2.64 bits per heavy atom. The molecule has 1 fully saturated rings. The Labute approximate surface area is 71.5 Å². The summed E-state index contributed by atoms with van der Waals surface area (Å²) in [5.41, 5.74) is 0. The van der Waals surface area contributed by atoms with Gasteiger partial charge >= 0.3 is 5.97 Å². The highest BCUT2D eigenvalue weighted by Gasteiger charge is 2.31. The average Bonchev–Trinajstić information content (AvgIpc) is 1.94. The molecule has 0 aliphatic heterocycles. The van der Waals surface area contributed by atoms with Crippen molar-refractivity contribution in [3.8, 4) is 0 Å². The summed E-state index contributed by atoms with van der Waals surface area (Å²) < 4.78 is 0. The molecule has 1 rings (SSSR count). The number of aliphatic carboxylic acids is 1. The van der Waals surface area contributed by atoms with Gasteiger partial charge in [0.25, 0.3) is 0 Å². The van der Waals surface area contributed by atoms with Gasteiger partial charge in [-0.05, 0) is 25.2 Å². The Bertz CT molecular complexity index is 158. The van der Waals surface area contributed by atoms with Crippen LogP contribution in [-0.4, -0.2) is 16.5 Å². The van der Waals surface area contributed by atoms with Gasteiger partial charge in [-0.25, -0.2) is 0 Å². The third-order valence-electron chi connectivity index (χ3n) is 2.45. The molecule has 1 aliphatic carbocycles. The van der Waals surface area contributed by atoms with E-state index in [9.17, 15) is 4.79 Å². The van der Waals surface area contributed by atoms with Gasteiger partial charge in [0.15, 0.2) is 0 Å². The number of alkyl halides is 1. The second kappa shape index (κ2) is 3.44. The van der Waals surface area contributed by atoms with Crippen molar-refractivity contribution in [2.24, 2.45) is 11.8 Å². The van der Waals surface area contributed by atoms with Crippen molar-refractivity contribution in [1.82, 2.24) is 0 Å². The van der Waals surface area contributed by atoms with Crippen molar-refractivity contribution < 1.29 is 9.90 Å². The lowest BCUT2D eigenvalue weighted by atomic mass is 9.80. The number of hydrogen-bond donors (Lipinski definition) is 1. The fourth-order valence-electron chi connectivity index (χ4n) is 1.61. The Morgan fingerprint density at radius 1 is 1.55 bits per heavy atom. The maximum absolute atomic E-state index is 10.7. The van der Waals surface area contributed by atoms with E-state index in [4.69, 9.17) is 16.7 Å². The van der Waals surface area contributed by atoms with Crippen molar-refractivity contribution in [3.63, 3.8) is 0 Å². The van der Waals surface area contributed by atoms with Gasteiger partial charge in [0.05, 0.1) is 5.92 Å². The van der Waals surface area contributed by atoms with Crippen LogP contribution in [0.4, 0.5) is 0 Å². The van der Waals surface area contributed by atoms with Gasteiger partial charge in [-0.15, -0.1) is 11.6 Å². The first-order valence-electron chi connectivity index (χ1n) is 3.98. The van der Waals surface area contributed by atoms with E-state index < -0.39 is 5.97 Å². The van der Waals surface area contributed by atoms with Crippen molar-refractivity contribution in [2.75, 3.05) is 0 Å². The van der Waals surface area contributed by atoms with Crippen LogP contribution in [0.15, 0.2) is 0 Å². The smallest absolute Gasteiger partial charge is 0.306 e. The van der Waals surface area contributed by atoms with Crippen LogP contribution >= 0.6 is 11.6 Å². The summed E-state index contributed by atoms with van der Waals surface area (Å²) in [6, 6.07) is 0. The van der Waals surface area contributed by atoms with Gasteiger partial charge in [0, 0.05) is 5.38 Å². The monoisotopic (exact) mass is 176 g/mol. The molecule has 0 heterocycles. The number of halogens is 1. The third kappa shape index (κ3) is 2.09. The van der Waals surface area contributed by atoms with Gasteiger partial charge < -0.3 is 5.11 Å². The number of carboxylic acid groups (broad SMARTS) is 1. The number of hydrogen-bond acceptors (Lipinski definition) is 1. The summed E-state index contributed by atoms with van der Waals surface area (Å²) in [5, 5.41) is 8.84. The third-order valence-corrected chi connectivity index (χ3v) is 2.85. The minimum Gasteiger partial charge on any atom is -0.481 e. The summed E-state index contributed by atoms with van der Waals surface area (Å²) in [5.74, 6) is -0.614. The number of carboxylic acids is 1. The molecular weight excluding hydrogens is 164 g/mol. The van der Waals surface area contributed by atoms with Gasteiger partial charge in [-0.3, -0.25) is 4.79 Å². The zero-order valence-corrected chi connectivity index (χ0v) is 7.34. The van der Waals surface area contributed by atoms with Gasteiger partial charge in [0.1, 0.15) is 0 Å². The van der Waals surface area contributed by atoms with Crippen LogP contribution in [0.1, 0.15) is 26.2 Å². The largest absolute Gasteiger partial charge is 0.481 e. The van der Waals surface area contributed by atoms with E-state index in [2.05, 4.69) is 0 Å². The number of rotatable bonds is 1. The first-order chi connectivity index (χ1) is 5.11. The maximum atomic E-state index is 10.7. The SMILES string of the molecule is C[C@@H]1CC[C@@H](Cl)C[C@@H]1C(=O)O. The van der Waals surface area contributed by atoms with Crippen molar-refractivity contribution in [2.45, 2.75) is 31.6 Å². The Balaban J connectivity index is 2.54. The van der Waals surface area contributed by atoms with E-state index >= 15 is 0 Å². The Morgan fingerprint density at radius 2 is 2.18 bits per heavy atom. The van der Waals surface area contributed by atoms with E-state index in [1.807, 2.05) is 6.92 Å². The fraction of sp³-hybridized carbons (Fsp3) is 0.875. The predicted octanol–water partition coefficient (Wildman–Crippen LogP) is 2.11. The van der Waals surface area contributed by atoms with E-state index in [-0.39, 0.29) is 11.3 Å². The normalized spacial score (nSPS) is 38.5. The summed E-state index contributed by atoms with van der Waals surface area (Å²) >= 11 is 5.86. The molecule has 0 bridgehead atoms. The fourth-order valence-corrected chi connectivity index (χ4v) is 1.93. The molecule has 2 nitrogen and oxygen atoms in total. The topological polar surface area (TPSA) is 37.3 Å². The molecule has 0 saturated heterocycles. The molecule has 0 aromatic carbocycles. The molecule has 11 heavy (non-hydrogen) atoms. The summed E-state index contributed by atoms with van der Waals surface area (Å²) in [7, 11) is 0. The molecule has 0 amide bonds. The molecule has 0 spiro atoms. The first kappa shape index (κ1) is 8.85. The Kier molecular flexibility index (Phi) is 2.77. The summed E-state index contributed by atoms with van der Waals surface area (Å²) in [6.45, 7) is 1.99. The molecule has 1 N–H and O–H groups in total. The standard InChI is InChI=1S/C8H13ClO2/c1-5-2-3-6(9)4-7(5)8(10)11/h5-7H,2-4H2,1H3,(H,10,11)/t5-,6-,7+/m1/s1. The second-order valence-electron chi connectivity index (χ2n) is 3.33. The quantitative estimate of drug-likeness (QED) is 0.622. The van der Waals surface area contributed by atoms with Crippen LogP contribution in [0.5, 0.6) is 0 Å². The molecule has 0 radical (unpaired) electrons. The second-order valence-corrected chi connectivity index (χ2v) is 3.95. The molecule has 3 atom stereocenters. The van der Waals surface area contributed by atoms with Crippen LogP contribution in [0.25, 0.3) is 0 Å². The minimum absolute atomic E-state index is 0.0762. The molecule has 1 aliphatic rings. The molecule has 64 valence electrons. The molecule has 3 heteroatoms. The highest BCUT2D eigenvalue weighted by Crippen LogP contribution is 2.32. The van der Waals surface area contributed by atoms with Crippen molar-refractivity contribution >= 4 is 17.6 Å². The molecular formula is C8H13ClO2. The van der Waals surface area contributed by atoms with Crippen LogP contribution in [0.2, 0.25) is 0 Å². The maximum Gasteiger partial charge on any atom is 0.306 e. The molecule has 0 unspecified atom stereocenters. The Hall–Kier alpha value is -0.240. The van der Waals surface area contributed by atoms with Crippen LogP contribution in [0.3, 0.4) is 0 Å². The zero-order chi connectivity index (χ0) is 8.43. The zero-order valence-electron chi connectivity index (χ0n) is 6.59. The highest BCUT2D eigenvalue weighted by molar-refractivity contribution is 6.20. The predicted molar refractivity (Wildman–Crippen MR) is 43.8 cm³/mol. The average molecular weight is 177 g/mol. The lowest BCUT2D eigenvalue weighted by Gasteiger charge is -2.28. The summed E-state index contributed by atoms with van der Waals surface area (Å²) in [6.07, 6.45) is 2.55.